The van der Waals surface area contributed by atoms with Gasteiger partial charge in [0.05, 0.1) is 0 Å². The van der Waals surface area contributed by atoms with E-state index in [1.54, 1.807) is 0 Å². The van der Waals surface area contributed by atoms with Crippen LogP contribution in [-0.4, -0.2) is 18.0 Å². The molecule has 1 aliphatic heterocycles. The average molecular weight is 287 g/mol. The van der Waals surface area contributed by atoms with E-state index in [1.165, 1.54) is 49.2 Å². The van der Waals surface area contributed by atoms with E-state index in [2.05, 4.69) is 48.7 Å². The van der Waals surface area contributed by atoms with Crippen LogP contribution in [0.15, 0.2) is 48.7 Å². The Morgan fingerprint density at radius 3 is 1.95 bits per heavy atom. The number of likely N-dealkylation sites (tertiary alicyclic amines) is 1. The lowest BCUT2D eigenvalue weighted by Crippen LogP contribution is -2.28. The molecule has 0 aliphatic carbocycles. The van der Waals surface area contributed by atoms with Gasteiger partial charge in [-0.3, -0.25) is 0 Å². The summed E-state index contributed by atoms with van der Waals surface area (Å²) in [4.78, 5) is 2.49. The van der Waals surface area contributed by atoms with Crippen LogP contribution in [0.4, 0.5) is 0 Å². The molecule has 1 aromatic rings. The number of nitrogens with zero attached hydrogens (tertiary/aromatic N) is 1. The second-order valence-electron chi connectivity index (χ2n) is 4.62. The Kier molecular flexibility index (Phi) is 11.4. The standard InChI is InChI=1S/C16H21N.2C2H6/c1-3-16(15-10-6-4-7-11-15)14(2)17-12-8-5-9-13-17;2*1-2/h3-4,6-7,10-11H,1,5,8-9,12-13H2,2H3;2*1-2H3/b16-14-;;. The predicted molar refractivity (Wildman–Crippen MR) is 97.4 cm³/mol. The second kappa shape index (κ2) is 12.3. The van der Waals surface area contributed by atoms with Gasteiger partial charge in [-0.25, -0.2) is 0 Å². The van der Waals surface area contributed by atoms with Gasteiger partial charge in [0.15, 0.2) is 0 Å². The summed E-state index contributed by atoms with van der Waals surface area (Å²) >= 11 is 0. The molecule has 0 aromatic heterocycles. The molecule has 1 fully saturated rings. The number of allylic oxidation sites excluding steroid dienone is 3. The van der Waals surface area contributed by atoms with Crippen molar-refractivity contribution in [2.24, 2.45) is 0 Å². The maximum absolute atomic E-state index is 3.97. The van der Waals surface area contributed by atoms with E-state index in [-0.39, 0.29) is 0 Å². The fourth-order valence-electron chi connectivity index (χ4n) is 2.49. The minimum absolute atomic E-state index is 1.19. The van der Waals surface area contributed by atoms with Crippen LogP contribution in [0.25, 0.3) is 5.57 Å². The Morgan fingerprint density at radius 1 is 0.952 bits per heavy atom. The molecule has 21 heavy (non-hydrogen) atoms. The van der Waals surface area contributed by atoms with Gasteiger partial charge in [0.25, 0.3) is 0 Å². The number of hydrogen-bond acceptors (Lipinski definition) is 1. The normalized spacial score (nSPS) is 14.8. The van der Waals surface area contributed by atoms with Crippen LogP contribution in [0, 0.1) is 0 Å². The van der Waals surface area contributed by atoms with Crippen LogP contribution in [0.2, 0.25) is 0 Å². The highest BCUT2D eigenvalue weighted by Gasteiger charge is 2.13. The Hall–Kier alpha value is -1.50. The molecule has 0 unspecified atom stereocenters. The SMILES string of the molecule is C=C/C(=C(\C)N1CCCCC1)c1ccccc1.CC.CC. The molecule has 0 atom stereocenters. The van der Waals surface area contributed by atoms with Gasteiger partial charge in [0.2, 0.25) is 0 Å². The summed E-state index contributed by atoms with van der Waals surface area (Å²) in [5, 5.41) is 0. The van der Waals surface area contributed by atoms with Crippen molar-refractivity contribution >= 4 is 5.57 Å². The second-order valence-corrected chi connectivity index (χ2v) is 4.62. The lowest BCUT2D eigenvalue weighted by Gasteiger charge is -2.31. The van der Waals surface area contributed by atoms with Crippen LogP contribution >= 0.6 is 0 Å². The Labute approximate surface area is 132 Å². The van der Waals surface area contributed by atoms with Crippen molar-refractivity contribution in [3.8, 4) is 0 Å². The van der Waals surface area contributed by atoms with Gasteiger partial charge in [0.1, 0.15) is 0 Å². The molecule has 1 saturated heterocycles. The van der Waals surface area contributed by atoms with E-state index >= 15 is 0 Å². The van der Waals surface area contributed by atoms with Gasteiger partial charge in [-0.05, 0) is 37.3 Å². The van der Waals surface area contributed by atoms with E-state index in [1.807, 2.05) is 33.8 Å². The molecule has 1 heteroatoms. The molecule has 0 amide bonds. The van der Waals surface area contributed by atoms with E-state index < -0.39 is 0 Å². The Morgan fingerprint density at radius 2 is 1.48 bits per heavy atom. The number of benzene rings is 1. The monoisotopic (exact) mass is 287 g/mol. The fraction of sp³-hybridized carbons (Fsp3) is 0.500. The summed E-state index contributed by atoms with van der Waals surface area (Å²) in [7, 11) is 0. The molecular formula is C20H33N. The quantitative estimate of drug-likeness (QED) is 0.603. The molecule has 2 rings (SSSR count). The largest absolute Gasteiger partial charge is 0.375 e. The van der Waals surface area contributed by atoms with Gasteiger partial charge in [-0.2, -0.15) is 0 Å². The first kappa shape index (κ1) is 19.5. The highest BCUT2D eigenvalue weighted by molar-refractivity contribution is 5.75. The molecule has 0 N–H and O–H groups in total. The smallest absolute Gasteiger partial charge is 0.0180 e. The molecule has 0 bridgehead atoms. The predicted octanol–water partition coefficient (Wildman–Crippen LogP) is 6.14. The van der Waals surface area contributed by atoms with Crippen LogP contribution in [0.5, 0.6) is 0 Å². The molecule has 1 aromatic carbocycles. The highest BCUT2D eigenvalue weighted by atomic mass is 15.1. The first-order valence-corrected chi connectivity index (χ1v) is 8.46. The van der Waals surface area contributed by atoms with E-state index in [0.29, 0.717) is 0 Å². The molecule has 0 saturated carbocycles. The van der Waals surface area contributed by atoms with Crippen LogP contribution in [0.1, 0.15) is 59.4 Å². The maximum atomic E-state index is 3.97. The van der Waals surface area contributed by atoms with Crippen molar-refractivity contribution in [2.75, 3.05) is 13.1 Å². The molecule has 118 valence electrons. The van der Waals surface area contributed by atoms with E-state index in [9.17, 15) is 0 Å². The first-order chi connectivity index (χ1) is 10.3. The molecular weight excluding hydrogens is 254 g/mol. The van der Waals surface area contributed by atoms with E-state index in [0.717, 1.165) is 0 Å². The summed E-state index contributed by atoms with van der Waals surface area (Å²) in [5.74, 6) is 0. The van der Waals surface area contributed by atoms with Crippen molar-refractivity contribution in [2.45, 2.75) is 53.9 Å². The fourth-order valence-corrected chi connectivity index (χ4v) is 2.49. The summed E-state index contributed by atoms with van der Waals surface area (Å²) in [6.07, 6.45) is 5.99. The molecule has 0 spiro atoms. The average Bonchev–Trinajstić information content (AvgIpc) is 2.61. The topological polar surface area (TPSA) is 3.24 Å². The molecule has 0 radical (unpaired) electrons. The number of hydrogen-bond donors (Lipinski definition) is 0. The lowest BCUT2D eigenvalue weighted by atomic mass is 10.0. The van der Waals surface area contributed by atoms with Gasteiger partial charge in [0, 0.05) is 18.8 Å². The van der Waals surface area contributed by atoms with Gasteiger partial charge < -0.3 is 4.90 Å². The minimum Gasteiger partial charge on any atom is -0.375 e. The first-order valence-electron chi connectivity index (χ1n) is 8.46. The molecule has 1 nitrogen and oxygen atoms in total. The number of piperidine rings is 1. The van der Waals surface area contributed by atoms with Crippen molar-refractivity contribution in [1.29, 1.82) is 0 Å². The van der Waals surface area contributed by atoms with Crippen LogP contribution in [-0.2, 0) is 0 Å². The van der Waals surface area contributed by atoms with Gasteiger partial charge in [-0.15, -0.1) is 0 Å². The lowest BCUT2D eigenvalue weighted by molar-refractivity contribution is 0.287. The van der Waals surface area contributed by atoms with E-state index in [4.69, 9.17) is 0 Å². The zero-order chi connectivity index (χ0) is 16.1. The summed E-state index contributed by atoms with van der Waals surface area (Å²) < 4.78 is 0. The third kappa shape index (κ3) is 6.20. The maximum Gasteiger partial charge on any atom is 0.0180 e. The highest BCUT2D eigenvalue weighted by Crippen LogP contribution is 2.24. The van der Waals surface area contributed by atoms with Crippen LogP contribution < -0.4 is 0 Å². The molecule has 1 aliphatic rings. The number of rotatable bonds is 3. The zero-order valence-electron chi connectivity index (χ0n) is 14.7. The zero-order valence-corrected chi connectivity index (χ0v) is 14.7. The van der Waals surface area contributed by atoms with Crippen molar-refractivity contribution in [3.05, 3.63) is 54.2 Å². The van der Waals surface area contributed by atoms with Crippen molar-refractivity contribution in [1.82, 2.24) is 4.90 Å². The summed E-state index contributed by atoms with van der Waals surface area (Å²) in [6, 6.07) is 10.5. The van der Waals surface area contributed by atoms with Crippen molar-refractivity contribution < 1.29 is 0 Å². The third-order valence-electron chi connectivity index (χ3n) is 3.51. The Bertz CT molecular complexity index is 397. The third-order valence-corrected chi connectivity index (χ3v) is 3.51. The summed E-state index contributed by atoms with van der Waals surface area (Å²) in [6.45, 7) is 16.6. The van der Waals surface area contributed by atoms with Gasteiger partial charge >= 0.3 is 0 Å². The molecule has 1 heterocycles. The Balaban J connectivity index is 0.000000921. The van der Waals surface area contributed by atoms with Crippen LogP contribution in [0.3, 0.4) is 0 Å². The minimum atomic E-state index is 1.19. The van der Waals surface area contributed by atoms with Gasteiger partial charge in [-0.1, -0.05) is 70.7 Å². The van der Waals surface area contributed by atoms with Crippen molar-refractivity contribution in [3.63, 3.8) is 0 Å². The summed E-state index contributed by atoms with van der Waals surface area (Å²) in [5.41, 5.74) is 3.91.